The van der Waals surface area contributed by atoms with Crippen LogP contribution in [0.3, 0.4) is 0 Å². The van der Waals surface area contributed by atoms with Gasteiger partial charge in [-0.15, -0.1) is 0 Å². The van der Waals surface area contributed by atoms with Crippen LogP contribution < -0.4 is 10.2 Å². The van der Waals surface area contributed by atoms with Crippen molar-refractivity contribution in [3.05, 3.63) is 58.1 Å². The molecular weight excluding hydrogens is 432 g/mol. The molecule has 2 aromatic rings. The first-order valence-electron chi connectivity index (χ1n) is 8.08. The molecule has 4 amide bonds. The average Bonchev–Trinajstić information content (AvgIpc) is 2.64. The molecule has 0 bridgehead atoms. The number of phenols is 2. The van der Waals surface area contributed by atoms with E-state index in [1.165, 1.54) is 24.3 Å². The maximum absolute atomic E-state index is 12.6. The molecule has 1 aliphatic heterocycles. The molecule has 0 aromatic heterocycles. The third kappa shape index (κ3) is 4.76. The van der Waals surface area contributed by atoms with Gasteiger partial charge in [-0.05, 0) is 55.0 Å². The van der Waals surface area contributed by atoms with Gasteiger partial charge in [0, 0.05) is 11.1 Å². The molecule has 0 saturated carbocycles. The molecule has 28 heavy (non-hydrogen) atoms. The maximum Gasteiger partial charge on any atom is 0.335 e. The number of nitrogens with one attached hydrogen (secondary N) is 1. The van der Waals surface area contributed by atoms with E-state index in [9.17, 15) is 24.6 Å². The molecule has 1 fully saturated rings. The smallest absolute Gasteiger partial charge is 0.335 e. The first-order chi connectivity index (χ1) is 13.3. The SMILES string of the molecule is CCO.O=C1NC(=O)N(c2ccc(Br)cc2)C(=O)/C1=C/c1ccc(O)c(O)c1. The number of hydrogen-bond donors (Lipinski definition) is 4. The number of anilines is 1. The fraction of sp³-hybridized carbons (Fsp3) is 0.105. The van der Waals surface area contributed by atoms with Crippen LogP contribution in [0.2, 0.25) is 0 Å². The summed E-state index contributed by atoms with van der Waals surface area (Å²) in [6, 6.07) is 9.43. The first kappa shape index (κ1) is 21.1. The molecule has 0 unspecified atom stereocenters. The van der Waals surface area contributed by atoms with E-state index in [1.807, 2.05) is 0 Å². The lowest BCUT2D eigenvalue weighted by Gasteiger charge is -2.26. The highest BCUT2D eigenvalue weighted by Crippen LogP contribution is 2.27. The van der Waals surface area contributed by atoms with Gasteiger partial charge in [0.1, 0.15) is 5.57 Å². The van der Waals surface area contributed by atoms with Gasteiger partial charge in [0.25, 0.3) is 11.8 Å². The fourth-order valence-corrected chi connectivity index (χ4v) is 2.54. The number of aliphatic hydroxyl groups excluding tert-OH is 1. The van der Waals surface area contributed by atoms with Crippen molar-refractivity contribution < 1.29 is 29.7 Å². The molecule has 0 spiro atoms. The lowest BCUT2D eigenvalue weighted by atomic mass is 10.1. The number of hydrogen-bond acceptors (Lipinski definition) is 6. The van der Waals surface area contributed by atoms with Crippen molar-refractivity contribution in [2.45, 2.75) is 6.92 Å². The third-order valence-electron chi connectivity index (χ3n) is 3.50. The monoisotopic (exact) mass is 448 g/mol. The summed E-state index contributed by atoms with van der Waals surface area (Å²) < 4.78 is 0.771. The van der Waals surface area contributed by atoms with E-state index >= 15 is 0 Å². The van der Waals surface area contributed by atoms with Crippen LogP contribution in [0.5, 0.6) is 11.5 Å². The van der Waals surface area contributed by atoms with E-state index in [-0.39, 0.29) is 23.7 Å². The Morgan fingerprint density at radius 2 is 1.64 bits per heavy atom. The van der Waals surface area contributed by atoms with Gasteiger partial charge >= 0.3 is 6.03 Å². The number of aliphatic hydroxyl groups is 1. The van der Waals surface area contributed by atoms with Crippen molar-refractivity contribution >= 4 is 45.5 Å². The summed E-state index contributed by atoms with van der Waals surface area (Å²) in [5.74, 6) is -2.34. The largest absolute Gasteiger partial charge is 0.504 e. The number of carbonyl (C=O) groups is 3. The van der Waals surface area contributed by atoms with E-state index < -0.39 is 17.8 Å². The van der Waals surface area contributed by atoms with Gasteiger partial charge in [0.15, 0.2) is 11.5 Å². The number of aromatic hydroxyl groups is 2. The Morgan fingerprint density at radius 3 is 2.21 bits per heavy atom. The predicted octanol–water partition coefficient (Wildman–Crippen LogP) is 2.53. The number of amides is 4. The van der Waals surface area contributed by atoms with Crippen molar-refractivity contribution in [1.29, 1.82) is 0 Å². The summed E-state index contributed by atoms with van der Waals surface area (Å²) in [7, 11) is 0. The van der Waals surface area contributed by atoms with Crippen LogP contribution in [-0.2, 0) is 9.59 Å². The molecule has 0 atom stereocenters. The normalized spacial score (nSPS) is 15.2. The van der Waals surface area contributed by atoms with Crippen LogP contribution in [-0.4, -0.2) is 39.8 Å². The van der Waals surface area contributed by atoms with Gasteiger partial charge in [0.2, 0.25) is 0 Å². The Bertz CT molecular complexity index is 940. The minimum atomic E-state index is -0.844. The van der Waals surface area contributed by atoms with Crippen molar-refractivity contribution in [2.75, 3.05) is 11.5 Å². The zero-order valence-corrected chi connectivity index (χ0v) is 16.3. The number of barbiturate groups is 1. The number of carbonyl (C=O) groups excluding carboxylic acids is 3. The van der Waals surface area contributed by atoms with Crippen LogP contribution in [0.1, 0.15) is 12.5 Å². The summed E-state index contributed by atoms with van der Waals surface area (Å²) in [5, 5.41) is 28.5. The molecule has 9 heteroatoms. The van der Waals surface area contributed by atoms with E-state index in [4.69, 9.17) is 5.11 Å². The molecule has 0 aliphatic carbocycles. The van der Waals surface area contributed by atoms with Crippen molar-refractivity contribution in [3.63, 3.8) is 0 Å². The second kappa shape index (κ2) is 9.16. The number of urea groups is 1. The Hall–Kier alpha value is -3.17. The molecule has 3 rings (SSSR count). The number of nitrogens with zero attached hydrogens (tertiary/aromatic N) is 1. The Morgan fingerprint density at radius 1 is 1.04 bits per heavy atom. The summed E-state index contributed by atoms with van der Waals surface area (Å²) in [4.78, 5) is 37.6. The quantitative estimate of drug-likeness (QED) is 0.317. The number of benzene rings is 2. The van der Waals surface area contributed by atoms with Crippen molar-refractivity contribution in [1.82, 2.24) is 5.32 Å². The number of phenolic OH excluding ortho intramolecular Hbond substituents is 2. The van der Waals surface area contributed by atoms with Gasteiger partial charge < -0.3 is 15.3 Å². The van der Waals surface area contributed by atoms with Crippen LogP contribution in [0.15, 0.2) is 52.5 Å². The molecule has 4 N–H and O–H groups in total. The van der Waals surface area contributed by atoms with E-state index in [1.54, 1.807) is 31.2 Å². The molecular formula is C19H17BrN2O6. The van der Waals surface area contributed by atoms with Crippen LogP contribution in [0.25, 0.3) is 6.08 Å². The van der Waals surface area contributed by atoms with E-state index in [2.05, 4.69) is 21.2 Å². The maximum atomic E-state index is 12.6. The molecule has 0 radical (unpaired) electrons. The number of rotatable bonds is 2. The van der Waals surface area contributed by atoms with Crippen LogP contribution in [0, 0.1) is 0 Å². The van der Waals surface area contributed by atoms with E-state index in [0.29, 0.717) is 11.3 Å². The molecule has 8 nitrogen and oxygen atoms in total. The highest BCUT2D eigenvalue weighted by molar-refractivity contribution is 9.10. The highest BCUT2D eigenvalue weighted by Gasteiger charge is 2.36. The molecule has 2 aromatic carbocycles. The molecule has 1 heterocycles. The second-order valence-corrected chi connectivity index (χ2v) is 6.41. The summed E-state index contributed by atoms with van der Waals surface area (Å²) in [6.07, 6.45) is 1.23. The third-order valence-corrected chi connectivity index (χ3v) is 4.03. The lowest BCUT2D eigenvalue weighted by Crippen LogP contribution is -2.54. The minimum Gasteiger partial charge on any atom is -0.504 e. The van der Waals surface area contributed by atoms with Crippen LogP contribution >= 0.6 is 15.9 Å². The highest BCUT2D eigenvalue weighted by atomic mass is 79.9. The average molecular weight is 449 g/mol. The van der Waals surface area contributed by atoms with Gasteiger partial charge in [-0.25, -0.2) is 9.69 Å². The van der Waals surface area contributed by atoms with Gasteiger partial charge in [-0.2, -0.15) is 0 Å². The van der Waals surface area contributed by atoms with Gasteiger partial charge in [-0.3, -0.25) is 14.9 Å². The number of imide groups is 2. The Labute approximate surface area is 168 Å². The summed E-state index contributed by atoms with van der Waals surface area (Å²) >= 11 is 3.26. The van der Waals surface area contributed by atoms with Gasteiger partial charge in [-0.1, -0.05) is 22.0 Å². The Balaban J connectivity index is 0.000000878. The standard InChI is InChI=1S/C17H11BrN2O5.C2H6O/c18-10-2-4-11(5-3-10)20-16(24)12(15(23)19-17(20)25)7-9-1-6-13(21)14(22)8-9;1-2-3/h1-8,21-22H,(H,19,23,25);3H,2H2,1H3/b12-7+;. The van der Waals surface area contributed by atoms with Crippen molar-refractivity contribution in [2.24, 2.45) is 0 Å². The second-order valence-electron chi connectivity index (χ2n) is 5.50. The molecule has 1 aliphatic rings. The van der Waals surface area contributed by atoms with Gasteiger partial charge in [0.05, 0.1) is 5.69 Å². The Kier molecular flexibility index (Phi) is 6.91. The number of halogens is 1. The van der Waals surface area contributed by atoms with Crippen molar-refractivity contribution in [3.8, 4) is 11.5 Å². The molecule has 1 saturated heterocycles. The molecule has 146 valence electrons. The minimum absolute atomic E-state index is 0.250. The van der Waals surface area contributed by atoms with Crippen LogP contribution in [0.4, 0.5) is 10.5 Å². The first-order valence-corrected chi connectivity index (χ1v) is 8.87. The van der Waals surface area contributed by atoms with E-state index in [0.717, 1.165) is 9.37 Å². The summed E-state index contributed by atoms with van der Waals surface area (Å²) in [5.41, 5.74) is 0.351. The topological polar surface area (TPSA) is 127 Å². The fourth-order valence-electron chi connectivity index (χ4n) is 2.28. The zero-order valence-electron chi connectivity index (χ0n) is 14.7. The zero-order chi connectivity index (χ0) is 20.8. The predicted molar refractivity (Wildman–Crippen MR) is 106 cm³/mol. The lowest BCUT2D eigenvalue weighted by molar-refractivity contribution is -0.122. The summed E-state index contributed by atoms with van der Waals surface area (Å²) in [6.45, 7) is 1.93.